The van der Waals surface area contributed by atoms with Crippen LogP contribution in [0.1, 0.15) is 0 Å². The van der Waals surface area contributed by atoms with Gasteiger partial charge >= 0.3 is 0 Å². The van der Waals surface area contributed by atoms with Crippen molar-refractivity contribution in [3.05, 3.63) is 24.3 Å². The average Bonchev–Trinajstić information content (AvgIpc) is 1.64. The van der Waals surface area contributed by atoms with Gasteiger partial charge in [0.1, 0.15) is 5.75 Å². The second-order valence-electron chi connectivity index (χ2n) is 1.49. The summed E-state index contributed by atoms with van der Waals surface area (Å²) in [5.74, 6) is 0.0880. The molecule has 0 saturated carbocycles. The number of nitrogens with two attached hydrogens (primary N) is 1. The second-order valence-corrected chi connectivity index (χ2v) is 1.49. The molecule has 1 rings (SSSR count). The van der Waals surface area contributed by atoms with Crippen molar-refractivity contribution in [3.63, 3.8) is 0 Å². The molecular formula is C6H6NO. The summed E-state index contributed by atoms with van der Waals surface area (Å²) in [6.07, 6.45) is 0. The van der Waals surface area contributed by atoms with Gasteiger partial charge in [0.05, 0.1) is 6.07 Å². The lowest BCUT2D eigenvalue weighted by atomic mass is 10.3. The monoisotopic (exact) mass is 108 g/mol. The summed E-state index contributed by atoms with van der Waals surface area (Å²) < 4.78 is 0. The number of benzene rings is 1. The number of hydrogen-bond donors (Lipinski definition) is 2. The van der Waals surface area contributed by atoms with E-state index in [1.54, 1.807) is 12.1 Å². The molecule has 1 aromatic rings. The molecule has 0 saturated heterocycles. The number of phenolic OH excluding ortho intramolecular Hbond substituents is 1. The highest BCUT2D eigenvalue weighted by atomic mass is 16.3. The molecule has 0 aliphatic carbocycles. The van der Waals surface area contributed by atoms with E-state index < -0.39 is 0 Å². The van der Waals surface area contributed by atoms with E-state index in [4.69, 9.17) is 10.8 Å². The van der Waals surface area contributed by atoms with Gasteiger partial charge in [-0.3, -0.25) is 0 Å². The number of phenols is 1. The molecule has 0 spiro atoms. The van der Waals surface area contributed by atoms with E-state index in [0.29, 0.717) is 5.69 Å². The number of aromatic hydroxyl groups is 1. The van der Waals surface area contributed by atoms with Crippen LogP contribution in [0.4, 0.5) is 5.69 Å². The maximum absolute atomic E-state index is 8.68. The van der Waals surface area contributed by atoms with Gasteiger partial charge in [-0.1, -0.05) is 6.07 Å². The Morgan fingerprint density at radius 3 is 2.62 bits per heavy atom. The summed E-state index contributed by atoms with van der Waals surface area (Å²) in [6, 6.07) is 7.36. The van der Waals surface area contributed by atoms with Gasteiger partial charge in [-0.05, 0) is 12.1 Å². The van der Waals surface area contributed by atoms with E-state index in [0.717, 1.165) is 0 Å². The first kappa shape index (κ1) is 4.97. The molecule has 0 atom stereocenters. The molecule has 3 N–H and O–H groups in total. The van der Waals surface area contributed by atoms with Gasteiger partial charge < -0.3 is 10.8 Å². The number of hydrogen-bond acceptors (Lipinski definition) is 2. The summed E-state index contributed by atoms with van der Waals surface area (Å²) in [6.45, 7) is 0. The SMILES string of the molecule is Nc1[c]c(O)ccc1. The predicted molar refractivity (Wildman–Crippen MR) is 31.4 cm³/mol. The Kier molecular flexibility index (Phi) is 1.08. The van der Waals surface area contributed by atoms with E-state index in [1.807, 2.05) is 0 Å². The Morgan fingerprint density at radius 2 is 2.25 bits per heavy atom. The molecule has 0 fully saturated rings. The van der Waals surface area contributed by atoms with Crippen LogP contribution in [-0.2, 0) is 0 Å². The molecule has 1 aromatic carbocycles. The Morgan fingerprint density at radius 1 is 1.50 bits per heavy atom. The molecule has 0 unspecified atom stereocenters. The molecule has 0 aromatic heterocycles. The van der Waals surface area contributed by atoms with Gasteiger partial charge in [-0.15, -0.1) is 0 Å². The summed E-state index contributed by atoms with van der Waals surface area (Å²) in [4.78, 5) is 0. The predicted octanol–water partition coefficient (Wildman–Crippen LogP) is 0.775. The zero-order valence-electron chi connectivity index (χ0n) is 4.26. The van der Waals surface area contributed by atoms with Crippen LogP contribution in [0.2, 0.25) is 0 Å². The van der Waals surface area contributed by atoms with E-state index in [1.165, 1.54) is 6.07 Å². The first-order valence-electron chi connectivity index (χ1n) is 2.26. The fourth-order valence-electron chi connectivity index (χ4n) is 0.474. The third kappa shape index (κ3) is 0.904. The molecule has 8 heavy (non-hydrogen) atoms. The smallest absolute Gasteiger partial charge is 0.125 e. The van der Waals surface area contributed by atoms with Crippen molar-refractivity contribution >= 4 is 5.69 Å². The maximum Gasteiger partial charge on any atom is 0.125 e. The zero-order valence-corrected chi connectivity index (χ0v) is 4.26. The van der Waals surface area contributed by atoms with Crippen LogP contribution in [0, 0.1) is 6.07 Å². The summed E-state index contributed by atoms with van der Waals surface area (Å²) in [5.41, 5.74) is 5.71. The lowest BCUT2D eigenvalue weighted by molar-refractivity contribution is 0.474. The van der Waals surface area contributed by atoms with Gasteiger partial charge in [-0.2, -0.15) is 0 Å². The zero-order chi connectivity index (χ0) is 5.98. The fraction of sp³-hybridized carbons (Fsp3) is 0. The highest BCUT2D eigenvalue weighted by Gasteiger charge is 1.84. The number of anilines is 1. The first-order valence-corrected chi connectivity index (χ1v) is 2.26. The number of rotatable bonds is 0. The minimum Gasteiger partial charge on any atom is -0.507 e. The van der Waals surface area contributed by atoms with E-state index in [9.17, 15) is 0 Å². The largest absolute Gasteiger partial charge is 0.507 e. The second kappa shape index (κ2) is 1.74. The third-order valence-electron chi connectivity index (χ3n) is 0.802. The van der Waals surface area contributed by atoms with Crippen molar-refractivity contribution in [2.45, 2.75) is 0 Å². The minimum absolute atomic E-state index is 0.0880. The third-order valence-corrected chi connectivity index (χ3v) is 0.802. The van der Waals surface area contributed by atoms with E-state index in [-0.39, 0.29) is 5.75 Å². The van der Waals surface area contributed by atoms with E-state index >= 15 is 0 Å². The van der Waals surface area contributed by atoms with Crippen LogP contribution in [0.15, 0.2) is 18.2 Å². The Bertz CT molecular complexity index is 168. The number of nitrogen functional groups attached to an aromatic ring is 1. The topological polar surface area (TPSA) is 46.2 Å². The van der Waals surface area contributed by atoms with Crippen molar-refractivity contribution in [3.8, 4) is 5.75 Å². The normalized spacial score (nSPS) is 9.00. The van der Waals surface area contributed by atoms with Crippen molar-refractivity contribution in [1.82, 2.24) is 0 Å². The van der Waals surface area contributed by atoms with Gasteiger partial charge in [0, 0.05) is 5.69 Å². The first-order chi connectivity index (χ1) is 3.79. The van der Waals surface area contributed by atoms with Crippen molar-refractivity contribution in [1.29, 1.82) is 0 Å². The molecule has 1 radical (unpaired) electrons. The van der Waals surface area contributed by atoms with Crippen molar-refractivity contribution in [2.75, 3.05) is 5.73 Å². The quantitative estimate of drug-likeness (QED) is 0.482. The van der Waals surface area contributed by atoms with Crippen molar-refractivity contribution in [2.24, 2.45) is 0 Å². The van der Waals surface area contributed by atoms with Crippen LogP contribution in [0.3, 0.4) is 0 Å². The molecule has 2 nitrogen and oxygen atoms in total. The van der Waals surface area contributed by atoms with Crippen LogP contribution in [0.5, 0.6) is 5.75 Å². The standard InChI is InChI=1S/C6H6NO/c7-5-2-1-3-6(8)4-5/h1-3,8H,7H2. The summed E-state index contributed by atoms with van der Waals surface area (Å²) in [5, 5.41) is 8.68. The molecular weight excluding hydrogens is 102 g/mol. The van der Waals surface area contributed by atoms with Gasteiger partial charge in [0.25, 0.3) is 0 Å². The minimum atomic E-state index is 0.0880. The molecule has 2 heteroatoms. The highest BCUT2D eigenvalue weighted by molar-refractivity contribution is 5.41. The van der Waals surface area contributed by atoms with Crippen molar-refractivity contribution < 1.29 is 5.11 Å². The van der Waals surface area contributed by atoms with Gasteiger partial charge in [0.2, 0.25) is 0 Å². The van der Waals surface area contributed by atoms with Crippen LogP contribution < -0.4 is 5.73 Å². The van der Waals surface area contributed by atoms with Gasteiger partial charge in [-0.25, -0.2) is 0 Å². The highest BCUT2D eigenvalue weighted by Crippen LogP contribution is 2.09. The fourth-order valence-corrected chi connectivity index (χ4v) is 0.474. The Hall–Kier alpha value is -1.18. The Balaban J connectivity index is 3.08. The van der Waals surface area contributed by atoms with Crippen LogP contribution >= 0.6 is 0 Å². The van der Waals surface area contributed by atoms with Crippen LogP contribution in [0.25, 0.3) is 0 Å². The van der Waals surface area contributed by atoms with Crippen LogP contribution in [-0.4, -0.2) is 5.11 Å². The summed E-state index contributed by atoms with van der Waals surface area (Å²) in [7, 11) is 0. The molecule has 0 aliphatic rings. The van der Waals surface area contributed by atoms with Gasteiger partial charge in [0.15, 0.2) is 0 Å². The molecule has 0 heterocycles. The molecule has 0 aliphatic heterocycles. The lowest BCUT2D eigenvalue weighted by Gasteiger charge is -1.89. The molecule has 41 valence electrons. The van der Waals surface area contributed by atoms with E-state index in [2.05, 4.69) is 6.07 Å². The average molecular weight is 108 g/mol. The summed E-state index contributed by atoms with van der Waals surface area (Å²) >= 11 is 0. The molecule has 0 bridgehead atoms. The lowest BCUT2D eigenvalue weighted by Crippen LogP contribution is -1.81. The molecule has 0 amide bonds. The maximum atomic E-state index is 8.68. The Labute approximate surface area is 47.6 Å².